The molecule has 2 amide bonds. The lowest BCUT2D eigenvalue weighted by Gasteiger charge is -2.10. The lowest BCUT2D eigenvalue weighted by atomic mass is 10.0. The third-order valence-electron chi connectivity index (χ3n) is 6.36. The topological polar surface area (TPSA) is 85.0 Å². The predicted octanol–water partition coefficient (Wildman–Crippen LogP) is 8.00. The molecule has 3 heterocycles. The highest BCUT2D eigenvalue weighted by Gasteiger charge is 2.16. The number of anilines is 3. The Morgan fingerprint density at radius 2 is 1.73 bits per heavy atom. The zero-order chi connectivity index (χ0) is 25.5. The molecule has 0 unspecified atom stereocenters. The van der Waals surface area contributed by atoms with E-state index in [1.807, 2.05) is 37.5 Å². The predicted molar refractivity (Wildman–Crippen MR) is 155 cm³/mol. The molecular formula is C29H22ClN5OS. The number of amides is 2. The first-order valence-electron chi connectivity index (χ1n) is 11.6. The van der Waals surface area contributed by atoms with E-state index in [0.29, 0.717) is 22.2 Å². The van der Waals surface area contributed by atoms with Gasteiger partial charge in [0, 0.05) is 68.0 Å². The van der Waals surface area contributed by atoms with Crippen molar-refractivity contribution in [3.63, 3.8) is 0 Å². The highest BCUT2D eigenvalue weighted by Crippen LogP contribution is 2.42. The molecule has 0 spiro atoms. The van der Waals surface area contributed by atoms with Crippen LogP contribution in [0, 0.1) is 0 Å². The van der Waals surface area contributed by atoms with Crippen molar-refractivity contribution in [2.45, 2.75) is 0 Å². The fourth-order valence-corrected chi connectivity index (χ4v) is 5.84. The first kappa shape index (κ1) is 23.1. The Balaban J connectivity index is 1.29. The van der Waals surface area contributed by atoms with Crippen molar-refractivity contribution >= 4 is 67.2 Å². The maximum absolute atomic E-state index is 12.4. The number of aryl methyl sites for hydroxylation is 1. The Morgan fingerprint density at radius 3 is 2.54 bits per heavy atom. The molecule has 6 nitrogen and oxygen atoms in total. The SMILES string of the molecule is Cn1ccc2cc(-c3cnc(N)c4c(-c5ccc(NC(=O)Nc6cccc(Cl)c6)cc5)csc34)ccc21. The number of nitrogen functional groups attached to an aromatic ring is 1. The van der Waals surface area contributed by atoms with Gasteiger partial charge in [-0.05, 0) is 65.0 Å². The maximum Gasteiger partial charge on any atom is 0.323 e. The van der Waals surface area contributed by atoms with Gasteiger partial charge in [-0.3, -0.25) is 0 Å². The number of carbonyl (C=O) groups is 1. The molecule has 4 N–H and O–H groups in total. The van der Waals surface area contributed by atoms with Gasteiger partial charge >= 0.3 is 6.03 Å². The third kappa shape index (κ3) is 4.39. The van der Waals surface area contributed by atoms with E-state index in [4.69, 9.17) is 17.3 Å². The molecule has 6 rings (SSSR count). The van der Waals surface area contributed by atoms with Crippen molar-refractivity contribution in [1.82, 2.24) is 9.55 Å². The fourth-order valence-electron chi connectivity index (χ4n) is 4.53. The van der Waals surface area contributed by atoms with Crippen LogP contribution in [0.5, 0.6) is 0 Å². The summed E-state index contributed by atoms with van der Waals surface area (Å²) in [4.78, 5) is 16.9. The molecule has 0 saturated carbocycles. The van der Waals surface area contributed by atoms with Crippen molar-refractivity contribution in [2.75, 3.05) is 16.4 Å². The number of aromatic nitrogens is 2. The Kier molecular flexibility index (Phi) is 5.79. The minimum Gasteiger partial charge on any atom is -0.383 e. The van der Waals surface area contributed by atoms with Crippen LogP contribution in [-0.4, -0.2) is 15.6 Å². The molecule has 8 heteroatoms. The van der Waals surface area contributed by atoms with E-state index in [-0.39, 0.29) is 6.03 Å². The molecule has 182 valence electrons. The van der Waals surface area contributed by atoms with Crippen LogP contribution in [-0.2, 0) is 7.05 Å². The van der Waals surface area contributed by atoms with Crippen molar-refractivity contribution in [3.05, 3.63) is 95.6 Å². The summed E-state index contributed by atoms with van der Waals surface area (Å²) in [7, 11) is 2.04. The number of urea groups is 1. The minimum atomic E-state index is -0.343. The van der Waals surface area contributed by atoms with Gasteiger partial charge in [0.1, 0.15) is 5.82 Å². The van der Waals surface area contributed by atoms with Crippen LogP contribution in [0.4, 0.5) is 22.0 Å². The maximum atomic E-state index is 12.4. The van der Waals surface area contributed by atoms with Gasteiger partial charge in [0.15, 0.2) is 0 Å². The Morgan fingerprint density at radius 1 is 0.946 bits per heavy atom. The van der Waals surface area contributed by atoms with Gasteiger partial charge in [0.25, 0.3) is 0 Å². The highest BCUT2D eigenvalue weighted by atomic mass is 35.5. The summed E-state index contributed by atoms with van der Waals surface area (Å²) >= 11 is 7.65. The first-order valence-corrected chi connectivity index (χ1v) is 12.9. The fraction of sp³-hybridized carbons (Fsp3) is 0.0345. The number of nitrogens with two attached hydrogens (primary N) is 1. The molecule has 6 aromatic rings. The van der Waals surface area contributed by atoms with Crippen LogP contribution in [0.25, 0.3) is 43.2 Å². The average Bonchev–Trinajstić information content (AvgIpc) is 3.49. The normalized spacial score (nSPS) is 11.2. The number of carbonyl (C=O) groups excluding carboxylic acids is 1. The number of nitrogens with zero attached hydrogens (tertiary/aromatic N) is 2. The van der Waals surface area contributed by atoms with Gasteiger partial charge in [-0.2, -0.15) is 0 Å². The number of benzene rings is 3. The monoisotopic (exact) mass is 523 g/mol. The van der Waals surface area contributed by atoms with Gasteiger partial charge < -0.3 is 20.9 Å². The number of fused-ring (bicyclic) bond motifs is 2. The zero-order valence-electron chi connectivity index (χ0n) is 19.8. The molecule has 0 aliphatic heterocycles. The smallest absolute Gasteiger partial charge is 0.323 e. The van der Waals surface area contributed by atoms with Gasteiger partial charge in [-0.25, -0.2) is 9.78 Å². The van der Waals surface area contributed by atoms with Crippen LogP contribution in [0.15, 0.2) is 90.6 Å². The minimum absolute atomic E-state index is 0.343. The molecule has 0 bridgehead atoms. The lowest BCUT2D eigenvalue weighted by Crippen LogP contribution is -2.19. The third-order valence-corrected chi connectivity index (χ3v) is 7.61. The summed E-state index contributed by atoms with van der Waals surface area (Å²) < 4.78 is 3.21. The molecule has 0 aliphatic rings. The molecule has 0 atom stereocenters. The molecule has 0 aliphatic carbocycles. The van der Waals surface area contributed by atoms with Crippen LogP contribution >= 0.6 is 22.9 Å². The zero-order valence-corrected chi connectivity index (χ0v) is 21.4. The Bertz CT molecular complexity index is 1790. The highest BCUT2D eigenvalue weighted by molar-refractivity contribution is 7.18. The van der Waals surface area contributed by atoms with E-state index in [9.17, 15) is 4.79 Å². The second-order valence-corrected chi connectivity index (χ2v) is 10.1. The second-order valence-electron chi connectivity index (χ2n) is 8.78. The average molecular weight is 524 g/mol. The largest absolute Gasteiger partial charge is 0.383 e. The van der Waals surface area contributed by atoms with E-state index in [1.54, 1.807) is 35.6 Å². The van der Waals surface area contributed by atoms with Crippen LogP contribution in [0.1, 0.15) is 0 Å². The molecule has 3 aromatic carbocycles. The number of hydrogen-bond donors (Lipinski definition) is 3. The quantitative estimate of drug-likeness (QED) is 0.219. The van der Waals surface area contributed by atoms with Crippen LogP contribution in [0.2, 0.25) is 5.02 Å². The van der Waals surface area contributed by atoms with Crippen LogP contribution < -0.4 is 16.4 Å². The lowest BCUT2D eigenvalue weighted by molar-refractivity contribution is 0.262. The van der Waals surface area contributed by atoms with Gasteiger partial charge in [-0.15, -0.1) is 11.3 Å². The number of nitrogens with one attached hydrogen (secondary N) is 2. The van der Waals surface area contributed by atoms with Crippen molar-refractivity contribution < 1.29 is 4.79 Å². The molecule has 3 aromatic heterocycles. The number of rotatable bonds is 4. The Hall–Kier alpha value is -4.33. The summed E-state index contributed by atoms with van der Waals surface area (Å²) in [5.41, 5.74) is 13.0. The summed E-state index contributed by atoms with van der Waals surface area (Å²) in [6.45, 7) is 0. The first-order chi connectivity index (χ1) is 18.0. The van der Waals surface area contributed by atoms with Gasteiger partial charge in [0.05, 0.1) is 0 Å². The van der Waals surface area contributed by atoms with E-state index in [2.05, 4.69) is 56.0 Å². The number of thiophene rings is 1. The molecule has 37 heavy (non-hydrogen) atoms. The van der Waals surface area contributed by atoms with E-state index in [1.165, 1.54) is 10.9 Å². The van der Waals surface area contributed by atoms with E-state index < -0.39 is 0 Å². The van der Waals surface area contributed by atoms with Gasteiger partial charge in [0.2, 0.25) is 0 Å². The van der Waals surface area contributed by atoms with E-state index in [0.717, 1.165) is 32.3 Å². The van der Waals surface area contributed by atoms with Crippen LogP contribution in [0.3, 0.4) is 0 Å². The number of halogens is 1. The molecule has 0 radical (unpaired) electrons. The van der Waals surface area contributed by atoms with Crippen molar-refractivity contribution in [3.8, 4) is 22.3 Å². The summed E-state index contributed by atoms with van der Waals surface area (Å²) in [6, 6.07) is 22.9. The molecule has 0 saturated heterocycles. The van der Waals surface area contributed by atoms with E-state index >= 15 is 0 Å². The summed E-state index contributed by atoms with van der Waals surface area (Å²) in [5.74, 6) is 0.499. The summed E-state index contributed by atoms with van der Waals surface area (Å²) in [5, 5.41) is 10.4. The molecular weight excluding hydrogens is 502 g/mol. The second kappa shape index (κ2) is 9.28. The molecule has 0 fully saturated rings. The van der Waals surface area contributed by atoms with Crippen molar-refractivity contribution in [2.24, 2.45) is 7.05 Å². The van der Waals surface area contributed by atoms with Crippen molar-refractivity contribution in [1.29, 1.82) is 0 Å². The Labute approximate surface area is 222 Å². The standard InChI is InChI=1S/C29H22ClN5OS/c1-35-12-11-19-13-18(7-10-25(19)35)23-15-32-28(31)26-24(16-37-27(23)26)17-5-8-21(9-6-17)33-29(36)34-22-4-2-3-20(30)14-22/h2-16H,1H3,(H2,31,32)(H2,33,34,36). The number of hydrogen-bond acceptors (Lipinski definition) is 4. The number of pyridine rings is 1. The van der Waals surface area contributed by atoms with Gasteiger partial charge in [-0.1, -0.05) is 35.9 Å². The summed E-state index contributed by atoms with van der Waals surface area (Å²) in [6.07, 6.45) is 3.92.